The molecule has 7 heteroatoms. The maximum Gasteiger partial charge on any atom is 0.262 e. The van der Waals surface area contributed by atoms with Crippen LogP contribution in [0.3, 0.4) is 0 Å². The number of nitrogens with one attached hydrogen (secondary N) is 1. The summed E-state index contributed by atoms with van der Waals surface area (Å²) in [6.45, 7) is 5.10. The maximum absolute atomic E-state index is 12.0. The maximum atomic E-state index is 12.0. The second-order valence-electron chi connectivity index (χ2n) is 6.27. The van der Waals surface area contributed by atoms with Gasteiger partial charge in [0.15, 0.2) is 11.9 Å². The minimum Gasteiger partial charge on any atom is -0.477 e. The first-order valence-electron chi connectivity index (χ1n) is 8.10. The quantitative estimate of drug-likeness (QED) is 0.900. The Kier molecular flexibility index (Phi) is 4.69. The number of nitrogens with zero attached hydrogens (tertiary/aromatic N) is 3. The highest BCUT2D eigenvalue weighted by Gasteiger charge is 2.31. The van der Waals surface area contributed by atoms with Crippen molar-refractivity contribution in [1.82, 2.24) is 15.5 Å². The first-order valence-corrected chi connectivity index (χ1v) is 8.10. The van der Waals surface area contributed by atoms with E-state index < -0.39 is 6.10 Å². The summed E-state index contributed by atoms with van der Waals surface area (Å²) in [4.78, 5) is 18.5. The van der Waals surface area contributed by atoms with Crippen LogP contribution in [0.5, 0.6) is 5.75 Å². The Morgan fingerprint density at radius 2 is 2.21 bits per heavy atom. The van der Waals surface area contributed by atoms with E-state index in [1.54, 1.807) is 7.05 Å². The van der Waals surface area contributed by atoms with E-state index in [1.165, 1.54) is 0 Å². The van der Waals surface area contributed by atoms with E-state index in [2.05, 4.69) is 29.3 Å². The molecule has 7 nitrogen and oxygen atoms in total. The lowest BCUT2D eigenvalue weighted by Gasteiger charge is -2.34. The van der Waals surface area contributed by atoms with Crippen LogP contribution in [0.1, 0.15) is 25.6 Å². The number of fused-ring (bicyclic) bond motifs is 1. The molecule has 1 aliphatic heterocycles. The number of hydrogen-bond donors (Lipinski definition) is 1. The van der Waals surface area contributed by atoms with Crippen LogP contribution in [0.25, 0.3) is 0 Å². The van der Waals surface area contributed by atoms with Crippen LogP contribution in [0.15, 0.2) is 28.8 Å². The standard InChI is InChI=1S/C17H22N4O3/c1-11(2)8-15-19-16(24-20-15)10-21-9-14(17(22)18-3)23-13-7-5-4-6-12(13)21/h4-7,11,14H,8-10H2,1-3H3,(H,18,22)/t14-/m1/s1. The summed E-state index contributed by atoms with van der Waals surface area (Å²) >= 11 is 0. The van der Waals surface area contributed by atoms with Gasteiger partial charge in [-0.2, -0.15) is 4.98 Å². The number of carbonyl (C=O) groups excluding carboxylic acids is 1. The number of amides is 1. The Morgan fingerprint density at radius 1 is 1.42 bits per heavy atom. The van der Waals surface area contributed by atoms with Crippen molar-refractivity contribution >= 4 is 11.6 Å². The third kappa shape index (κ3) is 3.50. The lowest BCUT2D eigenvalue weighted by atomic mass is 10.1. The van der Waals surface area contributed by atoms with Gasteiger partial charge in [0.25, 0.3) is 5.91 Å². The number of anilines is 1. The molecule has 1 atom stereocenters. The van der Waals surface area contributed by atoms with Crippen molar-refractivity contribution in [3.8, 4) is 5.75 Å². The highest BCUT2D eigenvalue weighted by Crippen LogP contribution is 2.33. The molecule has 0 aliphatic carbocycles. The molecular weight excluding hydrogens is 308 g/mol. The number of ether oxygens (including phenoxy) is 1. The number of likely N-dealkylation sites (N-methyl/N-ethyl adjacent to an activating group) is 1. The van der Waals surface area contributed by atoms with Crippen LogP contribution >= 0.6 is 0 Å². The van der Waals surface area contributed by atoms with Crippen LogP contribution in [0.2, 0.25) is 0 Å². The number of para-hydroxylation sites is 2. The Bertz CT molecular complexity index is 713. The number of carbonyl (C=O) groups is 1. The topological polar surface area (TPSA) is 80.5 Å². The summed E-state index contributed by atoms with van der Waals surface area (Å²) in [6.07, 6.45) is 0.215. The molecule has 0 unspecified atom stereocenters. The van der Waals surface area contributed by atoms with Gasteiger partial charge < -0.3 is 19.5 Å². The molecule has 0 saturated heterocycles. The van der Waals surface area contributed by atoms with Crippen LogP contribution in [-0.4, -0.2) is 35.7 Å². The number of rotatable bonds is 5. The summed E-state index contributed by atoms with van der Waals surface area (Å²) in [6, 6.07) is 7.64. The highest BCUT2D eigenvalue weighted by atomic mass is 16.5. The molecule has 0 radical (unpaired) electrons. The van der Waals surface area contributed by atoms with E-state index in [9.17, 15) is 4.79 Å². The zero-order chi connectivity index (χ0) is 17.1. The largest absolute Gasteiger partial charge is 0.477 e. The number of aromatic nitrogens is 2. The van der Waals surface area contributed by atoms with Crippen LogP contribution in [-0.2, 0) is 17.8 Å². The first kappa shape index (κ1) is 16.3. The normalized spacial score (nSPS) is 16.7. The van der Waals surface area contributed by atoms with E-state index in [0.29, 0.717) is 36.5 Å². The minimum atomic E-state index is -0.567. The van der Waals surface area contributed by atoms with Gasteiger partial charge >= 0.3 is 0 Å². The lowest BCUT2D eigenvalue weighted by Crippen LogP contribution is -2.48. The fourth-order valence-electron chi connectivity index (χ4n) is 2.72. The molecule has 128 valence electrons. The second-order valence-corrected chi connectivity index (χ2v) is 6.27. The summed E-state index contributed by atoms with van der Waals surface area (Å²) in [5.74, 6) is 2.25. The van der Waals surface area contributed by atoms with Crippen molar-refractivity contribution in [3.05, 3.63) is 36.0 Å². The van der Waals surface area contributed by atoms with Gasteiger partial charge in [0.05, 0.1) is 18.8 Å². The first-order chi connectivity index (χ1) is 11.6. The average molecular weight is 330 g/mol. The van der Waals surface area contributed by atoms with E-state index in [-0.39, 0.29) is 5.91 Å². The van der Waals surface area contributed by atoms with Crippen molar-refractivity contribution in [2.24, 2.45) is 5.92 Å². The van der Waals surface area contributed by atoms with Crippen molar-refractivity contribution < 1.29 is 14.1 Å². The van der Waals surface area contributed by atoms with E-state index in [1.807, 2.05) is 29.2 Å². The molecule has 1 aromatic heterocycles. The molecule has 1 aliphatic rings. The van der Waals surface area contributed by atoms with Crippen molar-refractivity contribution in [2.75, 3.05) is 18.5 Å². The molecule has 24 heavy (non-hydrogen) atoms. The molecule has 1 aromatic carbocycles. The van der Waals surface area contributed by atoms with Gasteiger partial charge in [-0.05, 0) is 18.1 Å². The van der Waals surface area contributed by atoms with Crippen molar-refractivity contribution in [3.63, 3.8) is 0 Å². The molecule has 0 saturated carbocycles. The molecule has 1 amide bonds. The van der Waals surface area contributed by atoms with Gasteiger partial charge in [0.1, 0.15) is 5.75 Å². The fourth-order valence-corrected chi connectivity index (χ4v) is 2.72. The van der Waals surface area contributed by atoms with Crippen LogP contribution in [0, 0.1) is 5.92 Å². The number of benzene rings is 1. The Morgan fingerprint density at radius 3 is 2.96 bits per heavy atom. The van der Waals surface area contributed by atoms with E-state index in [4.69, 9.17) is 9.26 Å². The molecule has 2 aromatic rings. The molecule has 0 fully saturated rings. The third-order valence-corrected chi connectivity index (χ3v) is 3.83. The fraction of sp³-hybridized carbons (Fsp3) is 0.471. The number of hydrogen-bond acceptors (Lipinski definition) is 6. The Labute approximate surface area is 141 Å². The zero-order valence-corrected chi connectivity index (χ0v) is 14.2. The van der Waals surface area contributed by atoms with Crippen molar-refractivity contribution in [1.29, 1.82) is 0 Å². The molecule has 1 N–H and O–H groups in total. The summed E-state index contributed by atoms with van der Waals surface area (Å²) < 4.78 is 11.2. The molecule has 2 heterocycles. The summed E-state index contributed by atoms with van der Waals surface area (Å²) in [5, 5.41) is 6.66. The van der Waals surface area contributed by atoms with Gasteiger partial charge in [-0.1, -0.05) is 31.1 Å². The smallest absolute Gasteiger partial charge is 0.262 e. The predicted molar refractivity (Wildman–Crippen MR) is 88.8 cm³/mol. The van der Waals surface area contributed by atoms with Gasteiger partial charge in [0.2, 0.25) is 5.89 Å². The third-order valence-electron chi connectivity index (χ3n) is 3.83. The molecular formula is C17H22N4O3. The van der Waals surface area contributed by atoms with Gasteiger partial charge in [-0.3, -0.25) is 4.79 Å². The zero-order valence-electron chi connectivity index (χ0n) is 14.2. The van der Waals surface area contributed by atoms with E-state index >= 15 is 0 Å². The molecule has 3 rings (SSSR count). The van der Waals surface area contributed by atoms with Crippen LogP contribution < -0.4 is 15.0 Å². The lowest BCUT2D eigenvalue weighted by molar-refractivity contribution is -0.127. The Hall–Kier alpha value is -2.57. The predicted octanol–water partition coefficient (Wildman–Crippen LogP) is 1.78. The molecule has 0 spiro atoms. The second kappa shape index (κ2) is 6.90. The van der Waals surface area contributed by atoms with Gasteiger partial charge in [-0.15, -0.1) is 0 Å². The van der Waals surface area contributed by atoms with Gasteiger partial charge in [-0.25, -0.2) is 0 Å². The van der Waals surface area contributed by atoms with Crippen LogP contribution in [0.4, 0.5) is 5.69 Å². The van der Waals surface area contributed by atoms with Gasteiger partial charge in [0, 0.05) is 13.5 Å². The van der Waals surface area contributed by atoms with Crippen molar-refractivity contribution in [2.45, 2.75) is 32.9 Å². The SMILES string of the molecule is CNC(=O)[C@H]1CN(Cc2nc(CC(C)C)no2)c2ccccc2O1. The average Bonchev–Trinajstić information content (AvgIpc) is 3.00. The summed E-state index contributed by atoms with van der Waals surface area (Å²) in [5.41, 5.74) is 0.918. The summed E-state index contributed by atoms with van der Waals surface area (Å²) in [7, 11) is 1.60. The highest BCUT2D eigenvalue weighted by molar-refractivity contribution is 5.83. The monoisotopic (exact) mass is 330 g/mol. The Balaban J connectivity index is 1.80. The minimum absolute atomic E-state index is 0.152. The molecule has 0 bridgehead atoms. The van der Waals surface area contributed by atoms with E-state index in [0.717, 1.165) is 12.1 Å².